The molecule has 0 spiro atoms. The van der Waals surface area contributed by atoms with Crippen LogP contribution in [0.3, 0.4) is 0 Å². The fourth-order valence-corrected chi connectivity index (χ4v) is 3.28. The molecule has 0 amide bonds. The van der Waals surface area contributed by atoms with Gasteiger partial charge in [0.15, 0.2) is 11.2 Å². The summed E-state index contributed by atoms with van der Waals surface area (Å²) in [6, 6.07) is 12.6. The molecule has 4 heterocycles. The Hall–Kier alpha value is -3.09. The van der Waals surface area contributed by atoms with Crippen LogP contribution < -0.4 is 9.80 Å². The third-order valence-corrected chi connectivity index (χ3v) is 4.58. The Morgan fingerprint density at radius 2 is 1.72 bits per heavy atom. The predicted octanol–water partition coefficient (Wildman–Crippen LogP) is 2.51. The molecule has 1 aliphatic heterocycles. The lowest BCUT2D eigenvalue weighted by atomic mass is 10.3. The van der Waals surface area contributed by atoms with Gasteiger partial charge in [0.1, 0.15) is 11.3 Å². The van der Waals surface area contributed by atoms with Crippen LogP contribution in [0, 0.1) is 6.92 Å². The molecule has 0 radical (unpaired) electrons. The summed E-state index contributed by atoms with van der Waals surface area (Å²) in [4.78, 5) is 13.5. The van der Waals surface area contributed by atoms with Crippen molar-refractivity contribution in [2.45, 2.75) is 6.92 Å². The summed E-state index contributed by atoms with van der Waals surface area (Å²) in [6.45, 7) is 5.45. The van der Waals surface area contributed by atoms with E-state index in [1.54, 1.807) is 0 Å². The highest BCUT2D eigenvalue weighted by atomic mass is 16.4. The molecule has 126 valence electrons. The van der Waals surface area contributed by atoms with E-state index in [1.165, 1.54) is 0 Å². The summed E-state index contributed by atoms with van der Waals surface area (Å²) in [5.74, 6) is 0.974. The first-order chi connectivity index (χ1) is 12.3. The van der Waals surface area contributed by atoms with Crippen LogP contribution in [0.5, 0.6) is 0 Å². The summed E-state index contributed by atoms with van der Waals surface area (Å²) in [5, 5.41) is 4.67. The highest BCUT2D eigenvalue weighted by Gasteiger charge is 2.22. The second-order valence-corrected chi connectivity index (χ2v) is 6.31. The van der Waals surface area contributed by atoms with Crippen molar-refractivity contribution >= 4 is 28.6 Å². The van der Waals surface area contributed by atoms with E-state index in [0.717, 1.165) is 54.4 Å². The summed E-state index contributed by atoms with van der Waals surface area (Å²) in [6.07, 6.45) is 1.95. The first-order valence-corrected chi connectivity index (χ1v) is 8.45. The zero-order valence-corrected chi connectivity index (χ0v) is 14.0. The molecule has 0 bridgehead atoms. The molecule has 1 fully saturated rings. The fourth-order valence-electron chi connectivity index (χ4n) is 3.28. The van der Waals surface area contributed by atoms with E-state index in [0.29, 0.717) is 6.01 Å². The van der Waals surface area contributed by atoms with Crippen LogP contribution in [0.15, 0.2) is 47.0 Å². The maximum Gasteiger partial charge on any atom is 0.298 e. The van der Waals surface area contributed by atoms with Crippen molar-refractivity contribution in [3.63, 3.8) is 0 Å². The van der Waals surface area contributed by atoms with Crippen molar-refractivity contribution in [2.24, 2.45) is 0 Å². The second-order valence-electron chi connectivity index (χ2n) is 6.31. The van der Waals surface area contributed by atoms with Gasteiger partial charge in [-0.15, -0.1) is 5.10 Å². The number of benzene rings is 1. The molecule has 5 rings (SSSR count). The van der Waals surface area contributed by atoms with Gasteiger partial charge in [0.05, 0.1) is 11.9 Å². The molecule has 0 aliphatic carbocycles. The van der Waals surface area contributed by atoms with Gasteiger partial charge in [0.25, 0.3) is 6.01 Å². The number of hydrogen-bond donors (Lipinski definition) is 0. The molecule has 7 heteroatoms. The maximum absolute atomic E-state index is 5.88. The average Bonchev–Trinajstić information content (AvgIpc) is 3.23. The minimum absolute atomic E-state index is 0.703. The van der Waals surface area contributed by atoms with Crippen molar-refractivity contribution in [1.29, 1.82) is 0 Å². The van der Waals surface area contributed by atoms with Crippen LogP contribution in [0.2, 0.25) is 0 Å². The molecule has 0 atom stereocenters. The van der Waals surface area contributed by atoms with Crippen LogP contribution in [-0.4, -0.2) is 45.8 Å². The molecular weight excluding hydrogens is 316 g/mol. The lowest BCUT2D eigenvalue weighted by Gasteiger charge is -2.34. The van der Waals surface area contributed by atoms with Crippen LogP contribution in [0.1, 0.15) is 5.69 Å². The van der Waals surface area contributed by atoms with Gasteiger partial charge in [0.2, 0.25) is 0 Å². The van der Waals surface area contributed by atoms with E-state index in [2.05, 4.69) is 24.9 Å². The van der Waals surface area contributed by atoms with Crippen LogP contribution in [-0.2, 0) is 0 Å². The zero-order chi connectivity index (χ0) is 16.8. The second kappa shape index (κ2) is 5.47. The molecule has 1 aromatic carbocycles. The van der Waals surface area contributed by atoms with Gasteiger partial charge in [-0.2, -0.15) is 4.98 Å². The van der Waals surface area contributed by atoms with Crippen molar-refractivity contribution in [3.8, 4) is 0 Å². The quantitative estimate of drug-likeness (QED) is 0.561. The summed E-state index contributed by atoms with van der Waals surface area (Å²) in [5.41, 5.74) is 3.60. The fraction of sp³-hybridized carbons (Fsp3) is 0.278. The van der Waals surface area contributed by atoms with Gasteiger partial charge >= 0.3 is 0 Å². The Balaban J connectivity index is 1.34. The number of aryl methyl sites for hydroxylation is 1. The standard InChI is InChI=1S/C18H18N6O/c1-13-12-24-16(19-13)6-7-17(21-24)22-8-10-23(11-9-22)18-20-14-4-2-3-5-15(14)25-18/h2-7,12H,8-11H2,1H3. The highest BCUT2D eigenvalue weighted by molar-refractivity contribution is 5.74. The smallest absolute Gasteiger partial charge is 0.298 e. The van der Waals surface area contributed by atoms with Crippen LogP contribution in [0.4, 0.5) is 11.8 Å². The third-order valence-electron chi connectivity index (χ3n) is 4.58. The summed E-state index contributed by atoms with van der Waals surface area (Å²) in [7, 11) is 0. The molecule has 4 aromatic rings. The molecule has 3 aromatic heterocycles. The Kier molecular flexibility index (Phi) is 3.12. The Morgan fingerprint density at radius 1 is 0.920 bits per heavy atom. The normalized spacial score (nSPS) is 15.4. The number of rotatable bonds is 2. The van der Waals surface area contributed by atoms with Gasteiger partial charge in [0, 0.05) is 26.2 Å². The number of oxazole rings is 1. The monoisotopic (exact) mass is 334 g/mol. The average molecular weight is 334 g/mol. The van der Waals surface area contributed by atoms with Crippen LogP contribution in [0.25, 0.3) is 16.7 Å². The number of imidazole rings is 1. The van der Waals surface area contributed by atoms with Gasteiger partial charge in [-0.1, -0.05) is 12.1 Å². The first kappa shape index (κ1) is 14.3. The van der Waals surface area contributed by atoms with Crippen molar-refractivity contribution in [2.75, 3.05) is 36.0 Å². The summed E-state index contributed by atoms with van der Waals surface area (Å²) < 4.78 is 7.72. The Labute approximate surface area is 144 Å². The van der Waals surface area contributed by atoms with Gasteiger partial charge in [-0.05, 0) is 31.2 Å². The number of para-hydroxylation sites is 2. The van der Waals surface area contributed by atoms with E-state index < -0.39 is 0 Å². The number of fused-ring (bicyclic) bond motifs is 2. The SMILES string of the molecule is Cc1cn2nc(N3CCN(c4nc5ccccc5o4)CC3)ccc2n1. The minimum Gasteiger partial charge on any atom is -0.423 e. The van der Waals surface area contributed by atoms with Gasteiger partial charge < -0.3 is 14.2 Å². The van der Waals surface area contributed by atoms with E-state index in [-0.39, 0.29) is 0 Å². The molecule has 7 nitrogen and oxygen atoms in total. The number of nitrogens with zero attached hydrogens (tertiary/aromatic N) is 6. The van der Waals surface area contributed by atoms with E-state index >= 15 is 0 Å². The minimum atomic E-state index is 0.703. The molecule has 25 heavy (non-hydrogen) atoms. The number of anilines is 2. The Morgan fingerprint density at radius 3 is 2.56 bits per heavy atom. The van der Waals surface area contributed by atoms with Crippen molar-refractivity contribution in [1.82, 2.24) is 19.6 Å². The largest absolute Gasteiger partial charge is 0.423 e. The third kappa shape index (κ3) is 2.48. The van der Waals surface area contributed by atoms with E-state index in [4.69, 9.17) is 4.42 Å². The molecular formula is C18H18N6O. The lowest BCUT2D eigenvalue weighted by Crippen LogP contribution is -2.47. The molecule has 1 saturated heterocycles. The first-order valence-electron chi connectivity index (χ1n) is 8.45. The number of hydrogen-bond acceptors (Lipinski definition) is 6. The van der Waals surface area contributed by atoms with Gasteiger partial charge in [-0.3, -0.25) is 0 Å². The van der Waals surface area contributed by atoms with Crippen molar-refractivity contribution < 1.29 is 4.42 Å². The molecule has 0 saturated carbocycles. The highest BCUT2D eigenvalue weighted by Crippen LogP contribution is 2.23. The maximum atomic E-state index is 5.88. The van der Waals surface area contributed by atoms with Crippen molar-refractivity contribution in [3.05, 3.63) is 48.3 Å². The topological polar surface area (TPSA) is 62.7 Å². The van der Waals surface area contributed by atoms with E-state index in [1.807, 2.05) is 54.0 Å². The zero-order valence-electron chi connectivity index (χ0n) is 14.0. The lowest BCUT2D eigenvalue weighted by molar-refractivity contribution is 0.539. The molecule has 1 aliphatic rings. The van der Waals surface area contributed by atoms with Gasteiger partial charge in [-0.25, -0.2) is 9.50 Å². The molecule has 0 N–H and O–H groups in total. The Bertz CT molecular complexity index is 1010. The molecule has 0 unspecified atom stereocenters. The predicted molar refractivity (Wildman–Crippen MR) is 96.2 cm³/mol. The van der Waals surface area contributed by atoms with Crippen LogP contribution >= 0.6 is 0 Å². The number of piperazine rings is 1. The number of aromatic nitrogens is 4. The van der Waals surface area contributed by atoms with E-state index in [9.17, 15) is 0 Å². The summed E-state index contributed by atoms with van der Waals surface area (Å²) >= 11 is 0.